The van der Waals surface area contributed by atoms with Crippen molar-refractivity contribution in [3.05, 3.63) is 35.2 Å². The van der Waals surface area contributed by atoms with Crippen LogP contribution in [-0.4, -0.2) is 28.7 Å². The smallest absolute Gasteiger partial charge is 0.255 e. The maximum atomic E-state index is 12.6. The van der Waals surface area contributed by atoms with Crippen LogP contribution in [0, 0.1) is 0 Å². The van der Waals surface area contributed by atoms with Crippen molar-refractivity contribution < 1.29 is 4.79 Å². The first-order chi connectivity index (χ1) is 8.81. The zero-order valence-corrected chi connectivity index (χ0v) is 12.3. The van der Waals surface area contributed by atoms with Crippen LogP contribution in [0.25, 0.3) is 10.1 Å². The first-order valence-corrected chi connectivity index (χ1v) is 8.14. The van der Waals surface area contributed by atoms with Crippen LogP contribution in [0.5, 0.6) is 0 Å². The van der Waals surface area contributed by atoms with Gasteiger partial charge < -0.3 is 4.90 Å². The largest absolute Gasteiger partial charge is 0.335 e. The maximum Gasteiger partial charge on any atom is 0.255 e. The molecule has 0 N–H and O–H groups in total. The highest BCUT2D eigenvalue weighted by atomic mass is 79.9. The molecule has 1 aromatic heterocycles. The van der Waals surface area contributed by atoms with E-state index >= 15 is 0 Å². The molecule has 2 heterocycles. The van der Waals surface area contributed by atoms with E-state index in [2.05, 4.69) is 22.0 Å². The number of thiophene rings is 1. The highest BCUT2D eigenvalue weighted by Gasteiger charge is 2.29. The molecule has 1 atom stereocenters. The molecule has 18 heavy (non-hydrogen) atoms. The Labute approximate surface area is 119 Å². The van der Waals surface area contributed by atoms with E-state index < -0.39 is 0 Å². The molecule has 94 valence electrons. The Morgan fingerprint density at radius 3 is 3.11 bits per heavy atom. The minimum absolute atomic E-state index is 0.189. The fraction of sp³-hybridized carbons (Fsp3) is 0.357. The van der Waals surface area contributed by atoms with Crippen LogP contribution in [0.15, 0.2) is 29.6 Å². The van der Waals surface area contributed by atoms with Gasteiger partial charge in [0, 0.05) is 33.4 Å². The van der Waals surface area contributed by atoms with Crippen molar-refractivity contribution in [1.29, 1.82) is 0 Å². The minimum Gasteiger partial charge on any atom is -0.335 e. The van der Waals surface area contributed by atoms with Crippen LogP contribution >= 0.6 is 27.3 Å². The van der Waals surface area contributed by atoms with Crippen molar-refractivity contribution in [2.24, 2.45) is 0 Å². The Morgan fingerprint density at radius 1 is 1.44 bits per heavy atom. The Kier molecular flexibility index (Phi) is 3.39. The van der Waals surface area contributed by atoms with Crippen molar-refractivity contribution >= 4 is 43.3 Å². The van der Waals surface area contributed by atoms with Gasteiger partial charge in [-0.25, -0.2) is 0 Å². The van der Waals surface area contributed by atoms with E-state index in [9.17, 15) is 4.79 Å². The summed E-state index contributed by atoms with van der Waals surface area (Å²) in [5.74, 6) is 0.189. The predicted octanol–water partition coefficient (Wildman–Crippen LogP) is 3.90. The Balaban J connectivity index is 1.97. The van der Waals surface area contributed by atoms with Gasteiger partial charge in [-0.05, 0) is 18.9 Å². The Morgan fingerprint density at radius 2 is 2.28 bits per heavy atom. The Hall–Kier alpha value is -0.870. The first kappa shape index (κ1) is 12.2. The molecule has 1 aromatic carbocycles. The molecular weight excluding hydrogens is 310 g/mol. The zero-order chi connectivity index (χ0) is 12.5. The molecule has 0 aliphatic carbocycles. The number of nitrogens with zero attached hydrogens (tertiary/aromatic N) is 1. The predicted molar refractivity (Wildman–Crippen MR) is 79.7 cm³/mol. The molecule has 2 nitrogen and oxygen atoms in total. The summed E-state index contributed by atoms with van der Waals surface area (Å²) in [5, 5.41) is 3.96. The monoisotopic (exact) mass is 323 g/mol. The lowest BCUT2D eigenvalue weighted by atomic mass is 10.1. The summed E-state index contributed by atoms with van der Waals surface area (Å²) in [6.45, 7) is 0.888. The summed E-state index contributed by atoms with van der Waals surface area (Å²) in [4.78, 5) is 14.6. The minimum atomic E-state index is 0.189. The summed E-state index contributed by atoms with van der Waals surface area (Å²) >= 11 is 5.16. The number of fused-ring (bicyclic) bond motifs is 1. The number of halogens is 1. The first-order valence-electron chi connectivity index (χ1n) is 6.14. The number of hydrogen-bond donors (Lipinski definition) is 0. The van der Waals surface area contributed by atoms with Crippen LogP contribution in [0.2, 0.25) is 0 Å². The average Bonchev–Trinajstić information content (AvgIpc) is 3.04. The quantitative estimate of drug-likeness (QED) is 0.767. The molecule has 1 fully saturated rings. The topological polar surface area (TPSA) is 20.3 Å². The zero-order valence-electron chi connectivity index (χ0n) is 9.93. The molecule has 1 saturated heterocycles. The molecule has 3 rings (SSSR count). The van der Waals surface area contributed by atoms with Crippen LogP contribution < -0.4 is 0 Å². The van der Waals surface area contributed by atoms with Gasteiger partial charge in [-0.1, -0.05) is 34.1 Å². The van der Waals surface area contributed by atoms with Gasteiger partial charge in [0.15, 0.2) is 0 Å². The highest BCUT2D eigenvalue weighted by molar-refractivity contribution is 9.09. The number of hydrogen-bond acceptors (Lipinski definition) is 2. The molecular formula is C14H14BrNOS. The average molecular weight is 324 g/mol. The fourth-order valence-corrected chi connectivity index (χ4v) is 4.17. The third kappa shape index (κ3) is 1.97. The maximum absolute atomic E-state index is 12.6. The number of carbonyl (C=O) groups excluding carboxylic acids is 1. The van der Waals surface area contributed by atoms with Crippen LogP contribution in [0.1, 0.15) is 23.2 Å². The normalized spacial score (nSPS) is 19.6. The molecule has 1 aliphatic heterocycles. The van der Waals surface area contributed by atoms with Crippen LogP contribution in [0.4, 0.5) is 0 Å². The van der Waals surface area contributed by atoms with Gasteiger partial charge in [0.2, 0.25) is 0 Å². The van der Waals surface area contributed by atoms with Gasteiger partial charge in [-0.2, -0.15) is 0 Å². The van der Waals surface area contributed by atoms with E-state index in [4.69, 9.17) is 0 Å². The number of rotatable bonds is 2. The van der Waals surface area contributed by atoms with Gasteiger partial charge in [0.05, 0.1) is 5.56 Å². The standard InChI is InChI=1S/C14H14BrNOS/c15-8-10-4-3-7-16(10)14(17)12-9-18-13-6-2-1-5-11(12)13/h1-2,5-6,9-10H,3-4,7-8H2. The second-order valence-corrected chi connectivity index (χ2v) is 6.15. The van der Waals surface area contributed by atoms with Crippen molar-refractivity contribution in [1.82, 2.24) is 4.90 Å². The van der Waals surface area contributed by atoms with Gasteiger partial charge in [0.25, 0.3) is 5.91 Å². The van der Waals surface area contributed by atoms with Crippen LogP contribution in [-0.2, 0) is 0 Å². The van der Waals surface area contributed by atoms with E-state index in [1.165, 1.54) is 4.70 Å². The highest BCUT2D eigenvalue weighted by Crippen LogP contribution is 2.29. The second kappa shape index (κ2) is 5.02. The molecule has 4 heteroatoms. The lowest BCUT2D eigenvalue weighted by Crippen LogP contribution is -2.36. The SMILES string of the molecule is O=C(c1csc2ccccc12)N1CCCC1CBr. The van der Waals surface area contributed by atoms with Crippen molar-refractivity contribution in [2.45, 2.75) is 18.9 Å². The third-order valence-corrected chi connectivity index (χ3v) is 5.24. The van der Waals surface area contributed by atoms with Gasteiger partial charge in [-0.15, -0.1) is 11.3 Å². The van der Waals surface area contributed by atoms with Gasteiger partial charge in [0.1, 0.15) is 0 Å². The molecule has 1 amide bonds. The molecule has 2 aromatic rings. The van der Waals surface area contributed by atoms with Crippen molar-refractivity contribution in [2.75, 3.05) is 11.9 Å². The molecule has 0 spiro atoms. The van der Waals surface area contributed by atoms with Crippen molar-refractivity contribution in [3.8, 4) is 0 Å². The third-order valence-electron chi connectivity index (χ3n) is 3.53. The van der Waals surface area contributed by atoms with Crippen molar-refractivity contribution in [3.63, 3.8) is 0 Å². The summed E-state index contributed by atoms with van der Waals surface area (Å²) in [7, 11) is 0. The van der Waals surface area contributed by atoms with E-state index in [1.54, 1.807) is 11.3 Å². The summed E-state index contributed by atoms with van der Waals surface area (Å²) in [6.07, 6.45) is 2.23. The summed E-state index contributed by atoms with van der Waals surface area (Å²) in [6, 6.07) is 8.49. The fourth-order valence-electron chi connectivity index (χ4n) is 2.56. The van der Waals surface area contributed by atoms with E-state index in [-0.39, 0.29) is 5.91 Å². The number of benzene rings is 1. The van der Waals surface area contributed by atoms with E-state index in [0.29, 0.717) is 6.04 Å². The van der Waals surface area contributed by atoms with Gasteiger partial charge >= 0.3 is 0 Å². The Bertz CT molecular complexity index is 580. The number of amides is 1. The van der Waals surface area contributed by atoms with E-state index in [1.807, 2.05) is 28.5 Å². The van der Waals surface area contributed by atoms with Crippen LogP contribution in [0.3, 0.4) is 0 Å². The van der Waals surface area contributed by atoms with Gasteiger partial charge in [-0.3, -0.25) is 4.79 Å². The summed E-state index contributed by atoms with van der Waals surface area (Å²) in [5.41, 5.74) is 0.864. The molecule has 1 aliphatic rings. The molecule has 1 unspecified atom stereocenters. The lowest BCUT2D eigenvalue weighted by Gasteiger charge is -2.22. The second-order valence-electron chi connectivity index (χ2n) is 4.59. The summed E-state index contributed by atoms with van der Waals surface area (Å²) < 4.78 is 1.19. The number of carbonyl (C=O) groups is 1. The molecule has 0 radical (unpaired) electrons. The van der Waals surface area contributed by atoms with E-state index in [0.717, 1.165) is 35.7 Å². The number of likely N-dealkylation sites (tertiary alicyclic amines) is 1. The molecule has 0 saturated carbocycles. The lowest BCUT2D eigenvalue weighted by molar-refractivity contribution is 0.0753. The molecule has 0 bridgehead atoms. The number of alkyl halides is 1.